The van der Waals surface area contributed by atoms with E-state index in [9.17, 15) is 23.4 Å². The Kier molecular flexibility index (Phi) is 28.4. The van der Waals surface area contributed by atoms with Crippen LogP contribution in [0, 0.1) is 23.7 Å². The summed E-state index contributed by atoms with van der Waals surface area (Å²) in [6, 6.07) is 9.68. The number of aliphatic hydroxyl groups excluding tert-OH is 1. The Morgan fingerprint density at radius 3 is 1.73 bits per heavy atom. The zero-order chi connectivity index (χ0) is 48.1. The SMILES string of the molecule is CCCCCCCCC1C(CCCCCCCC(=O)OCCNS(=O)c2ccc3c(c2)C(=O)c2ccc(SNCCO)cc2C3=O)CCC(CCCCCC)C1CCCCCCCC(=O)NO. The van der Waals surface area contributed by atoms with E-state index in [0.717, 1.165) is 67.1 Å². The van der Waals surface area contributed by atoms with Gasteiger partial charge in [-0.25, -0.2) is 14.4 Å². The normalized spacial score (nSPS) is 18.4. The summed E-state index contributed by atoms with van der Waals surface area (Å²) >= 11 is 1.28. The molecule has 5 unspecified atom stereocenters. The highest BCUT2D eigenvalue weighted by Gasteiger charge is 2.38. The van der Waals surface area contributed by atoms with Gasteiger partial charge in [-0.15, -0.1) is 0 Å². The smallest absolute Gasteiger partial charge is 0.305 e. The predicted molar refractivity (Wildman–Crippen MR) is 271 cm³/mol. The van der Waals surface area contributed by atoms with E-state index in [0.29, 0.717) is 35.4 Å². The standard InChI is InChI=1S/C54H85N3O8S2/c1-3-5-7-9-13-19-25-46-42(30-29-41(23-17-8-6-4-2)45(46)26-20-14-11-15-21-27-51(59)57-63)24-18-12-10-16-22-28-52(60)65-38-36-56-67(64)44-32-34-48-50(40-44)54(62)47-33-31-43(66-55-35-37-58)39-49(47)53(48)61/h31-34,39-42,45-46,55-56,58,63H,3-30,35-38H2,1-2H3,(H,57,59). The van der Waals surface area contributed by atoms with E-state index in [4.69, 9.17) is 15.1 Å². The molecule has 13 heteroatoms. The number of nitrogens with one attached hydrogen (secondary N) is 3. The van der Waals surface area contributed by atoms with Crippen LogP contribution in [0.2, 0.25) is 0 Å². The number of carbonyl (C=O) groups is 4. The summed E-state index contributed by atoms with van der Waals surface area (Å²) in [6.45, 7) is 5.24. The van der Waals surface area contributed by atoms with Gasteiger partial charge in [0.15, 0.2) is 11.6 Å². The van der Waals surface area contributed by atoms with E-state index in [2.05, 4.69) is 23.3 Å². The zero-order valence-electron chi connectivity index (χ0n) is 41.1. The van der Waals surface area contributed by atoms with Crippen LogP contribution >= 0.6 is 11.9 Å². The lowest BCUT2D eigenvalue weighted by Crippen LogP contribution is -2.35. The monoisotopic (exact) mass is 968 g/mol. The van der Waals surface area contributed by atoms with Crippen molar-refractivity contribution in [1.82, 2.24) is 14.9 Å². The van der Waals surface area contributed by atoms with Gasteiger partial charge in [0, 0.05) is 53.1 Å². The molecule has 0 aromatic heterocycles. The number of unbranched alkanes of at least 4 members (excludes halogenated alkanes) is 16. The van der Waals surface area contributed by atoms with Crippen LogP contribution in [0.4, 0.5) is 0 Å². The molecule has 0 bridgehead atoms. The van der Waals surface area contributed by atoms with E-state index in [1.165, 1.54) is 146 Å². The van der Waals surface area contributed by atoms with Gasteiger partial charge in [-0.2, -0.15) is 0 Å². The van der Waals surface area contributed by atoms with Gasteiger partial charge in [0.25, 0.3) is 0 Å². The van der Waals surface area contributed by atoms with Crippen molar-refractivity contribution in [2.45, 2.75) is 203 Å². The second kappa shape index (κ2) is 33.6. The van der Waals surface area contributed by atoms with Crippen molar-refractivity contribution in [2.24, 2.45) is 23.7 Å². The maximum Gasteiger partial charge on any atom is 0.305 e. The Hall–Kier alpha value is -2.94. The van der Waals surface area contributed by atoms with Crippen molar-refractivity contribution in [1.29, 1.82) is 0 Å². The molecule has 1 amide bonds. The van der Waals surface area contributed by atoms with Gasteiger partial charge < -0.3 is 9.84 Å². The van der Waals surface area contributed by atoms with Gasteiger partial charge in [-0.1, -0.05) is 142 Å². The van der Waals surface area contributed by atoms with Crippen LogP contribution in [-0.4, -0.2) is 64.3 Å². The second-order valence-corrected chi connectivity index (χ2v) is 21.4. The molecule has 11 nitrogen and oxygen atoms in total. The first-order valence-electron chi connectivity index (χ1n) is 26.3. The maximum atomic E-state index is 13.4. The predicted octanol–water partition coefficient (Wildman–Crippen LogP) is 12.2. The lowest BCUT2D eigenvalue weighted by molar-refractivity contribution is -0.143. The highest BCUT2D eigenvalue weighted by molar-refractivity contribution is 7.97. The first-order chi connectivity index (χ1) is 32.7. The molecule has 0 radical (unpaired) electrons. The van der Waals surface area contributed by atoms with Crippen LogP contribution < -0.4 is 14.9 Å². The van der Waals surface area contributed by atoms with Crippen LogP contribution in [0.1, 0.15) is 225 Å². The molecule has 0 saturated heterocycles. The van der Waals surface area contributed by atoms with E-state index in [-0.39, 0.29) is 54.3 Å². The Balaban J connectivity index is 1.16. The third kappa shape index (κ3) is 20.1. The van der Waals surface area contributed by atoms with Crippen LogP contribution in [0.25, 0.3) is 0 Å². The minimum absolute atomic E-state index is 0.0154. The molecule has 0 heterocycles. The summed E-state index contributed by atoms with van der Waals surface area (Å²) in [7, 11) is -1.67. The summed E-state index contributed by atoms with van der Waals surface area (Å²) in [5.41, 5.74) is 2.86. The van der Waals surface area contributed by atoms with Gasteiger partial charge in [0.05, 0.1) is 11.5 Å². The number of carbonyl (C=O) groups excluding carboxylic acids is 4. The summed E-state index contributed by atoms with van der Waals surface area (Å²) in [6.07, 6.45) is 33.4. The average molecular weight is 968 g/mol. The maximum absolute atomic E-state index is 13.4. The number of ether oxygens (including phenoxy) is 1. The van der Waals surface area contributed by atoms with Gasteiger partial charge in [-0.05, 0) is 111 Å². The number of ketones is 2. The highest BCUT2D eigenvalue weighted by atomic mass is 32.2. The number of fused-ring (bicyclic) bond motifs is 2. The second-order valence-electron chi connectivity index (χ2n) is 19.2. The van der Waals surface area contributed by atoms with Crippen molar-refractivity contribution in [2.75, 3.05) is 26.3 Å². The van der Waals surface area contributed by atoms with Crippen molar-refractivity contribution in [3.63, 3.8) is 0 Å². The van der Waals surface area contributed by atoms with Crippen molar-refractivity contribution in [3.8, 4) is 0 Å². The summed E-state index contributed by atoms with van der Waals surface area (Å²) in [5.74, 6) is 2.24. The number of esters is 1. The van der Waals surface area contributed by atoms with Crippen molar-refractivity contribution < 1.29 is 38.4 Å². The third-order valence-electron chi connectivity index (χ3n) is 14.2. The number of hydrogen-bond donors (Lipinski definition) is 5. The summed E-state index contributed by atoms with van der Waals surface area (Å²) in [5, 5.41) is 17.8. The number of benzene rings is 2. The van der Waals surface area contributed by atoms with E-state index < -0.39 is 11.0 Å². The van der Waals surface area contributed by atoms with Gasteiger partial charge in [-0.3, -0.25) is 29.1 Å². The molecular weight excluding hydrogens is 883 g/mol. The molecule has 376 valence electrons. The Morgan fingerprint density at radius 2 is 1.15 bits per heavy atom. The molecule has 1 fully saturated rings. The molecule has 2 aromatic carbocycles. The molecule has 67 heavy (non-hydrogen) atoms. The lowest BCUT2D eigenvalue weighted by Gasteiger charge is -2.44. The lowest BCUT2D eigenvalue weighted by atomic mass is 9.61. The van der Waals surface area contributed by atoms with E-state index in [1.54, 1.807) is 35.8 Å². The van der Waals surface area contributed by atoms with Crippen LogP contribution in [0.5, 0.6) is 0 Å². The molecular formula is C54H85N3O8S2. The molecule has 1 saturated carbocycles. The molecule has 0 spiro atoms. The fourth-order valence-electron chi connectivity index (χ4n) is 10.5. The highest BCUT2D eigenvalue weighted by Crippen LogP contribution is 2.48. The molecule has 4 rings (SSSR count). The summed E-state index contributed by atoms with van der Waals surface area (Å²) in [4.78, 5) is 51.8. The number of amides is 1. The first kappa shape index (κ1) is 56.6. The third-order valence-corrected chi connectivity index (χ3v) is 16.2. The van der Waals surface area contributed by atoms with E-state index in [1.807, 2.05) is 0 Å². The number of hydrogen-bond acceptors (Lipinski definition) is 10. The molecule has 5 N–H and O–H groups in total. The quantitative estimate of drug-likeness (QED) is 0.0123. The minimum Gasteiger partial charge on any atom is -0.464 e. The fourth-order valence-corrected chi connectivity index (χ4v) is 12.1. The molecule has 0 aliphatic heterocycles. The average Bonchev–Trinajstić information content (AvgIpc) is 3.34. The fraction of sp³-hybridized carbons (Fsp3) is 0.704. The van der Waals surface area contributed by atoms with Gasteiger partial charge >= 0.3 is 5.97 Å². The Labute approximate surface area is 410 Å². The molecule has 2 aliphatic rings. The number of aliphatic hydroxyl groups is 1. The Bertz CT molecular complexity index is 1810. The van der Waals surface area contributed by atoms with Crippen molar-refractivity contribution >= 4 is 46.4 Å². The minimum atomic E-state index is -1.67. The zero-order valence-corrected chi connectivity index (χ0v) is 42.7. The van der Waals surface area contributed by atoms with Crippen LogP contribution in [-0.2, 0) is 25.3 Å². The van der Waals surface area contributed by atoms with Gasteiger partial charge in [0.1, 0.15) is 17.6 Å². The summed E-state index contributed by atoms with van der Waals surface area (Å²) < 4.78 is 24.4. The van der Waals surface area contributed by atoms with E-state index >= 15 is 0 Å². The number of hydroxylamine groups is 1. The molecule has 2 aromatic rings. The van der Waals surface area contributed by atoms with Gasteiger partial charge in [0.2, 0.25) is 5.91 Å². The molecule has 2 aliphatic carbocycles. The van der Waals surface area contributed by atoms with Crippen LogP contribution in [0.15, 0.2) is 46.2 Å². The van der Waals surface area contributed by atoms with Crippen molar-refractivity contribution in [3.05, 3.63) is 58.7 Å². The largest absolute Gasteiger partial charge is 0.464 e. The number of rotatable bonds is 37. The van der Waals surface area contributed by atoms with Crippen LogP contribution in [0.3, 0.4) is 0 Å². The first-order valence-corrected chi connectivity index (χ1v) is 28.3. The topological polar surface area (TPSA) is 171 Å². The Morgan fingerprint density at radius 1 is 0.642 bits per heavy atom. The molecule has 5 atom stereocenters.